The molecule has 6 nitrogen and oxygen atoms in total. The highest BCUT2D eigenvalue weighted by Crippen LogP contribution is 2.26. The molecule has 1 fully saturated rings. The predicted octanol–water partition coefficient (Wildman–Crippen LogP) is 1.39. The highest BCUT2D eigenvalue weighted by Gasteiger charge is 2.31. The fourth-order valence-electron chi connectivity index (χ4n) is 2.33. The molecule has 0 spiro atoms. The maximum atomic E-state index is 10.5. The van der Waals surface area contributed by atoms with Gasteiger partial charge in [-0.1, -0.05) is 6.92 Å². The van der Waals surface area contributed by atoms with Gasteiger partial charge in [-0.3, -0.25) is 15.0 Å². The van der Waals surface area contributed by atoms with Crippen molar-refractivity contribution < 1.29 is 14.4 Å². The number of rotatable bonds is 4. The first kappa shape index (κ1) is 12.1. The highest BCUT2D eigenvalue weighted by molar-refractivity contribution is 5.17. The molecule has 1 aliphatic rings. The Kier molecular flexibility index (Phi) is 3.44. The Hall–Kier alpha value is -1.40. The van der Waals surface area contributed by atoms with Gasteiger partial charge >= 0.3 is 5.88 Å². The van der Waals surface area contributed by atoms with Crippen LogP contribution in [-0.4, -0.2) is 34.1 Å². The van der Waals surface area contributed by atoms with E-state index in [0.717, 1.165) is 13.0 Å². The zero-order valence-corrected chi connectivity index (χ0v) is 9.70. The van der Waals surface area contributed by atoms with Crippen LogP contribution in [0.25, 0.3) is 0 Å². The Morgan fingerprint density at radius 3 is 3.00 bits per heavy atom. The van der Waals surface area contributed by atoms with E-state index in [-0.39, 0.29) is 18.5 Å². The molecule has 0 saturated carbocycles. The van der Waals surface area contributed by atoms with Crippen molar-refractivity contribution >= 4 is 5.88 Å². The summed E-state index contributed by atoms with van der Waals surface area (Å²) < 4.78 is 5.11. The number of hydrogen-bond acceptors (Lipinski definition) is 5. The van der Waals surface area contributed by atoms with Crippen LogP contribution in [0, 0.1) is 16.0 Å². The molecule has 94 valence electrons. The van der Waals surface area contributed by atoms with Crippen LogP contribution in [0.1, 0.15) is 19.1 Å². The van der Waals surface area contributed by atoms with Gasteiger partial charge in [-0.05, 0) is 24.9 Å². The monoisotopic (exact) mass is 240 g/mol. The molecule has 2 heterocycles. The lowest BCUT2D eigenvalue weighted by Gasteiger charge is -2.23. The quantitative estimate of drug-likeness (QED) is 0.635. The maximum absolute atomic E-state index is 10.5. The van der Waals surface area contributed by atoms with Gasteiger partial charge in [-0.2, -0.15) is 0 Å². The summed E-state index contributed by atoms with van der Waals surface area (Å²) in [5.41, 5.74) is 0. The molecule has 2 atom stereocenters. The van der Waals surface area contributed by atoms with Crippen LogP contribution in [0.2, 0.25) is 0 Å². The highest BCUT2D eigenvalue weighted by atomic mass is 16.6. The molecule has 17 heavy (non-hydrogen) atoms. The van der Waals surface area contributed by atoms with Gasteiger partial charge in [0.1, 0.15) is 10.7 Å². The summed E-state index contributed by atoms with van der Waals surface area (Å²) in [6, 6.07) is 3.11. The smallest absolute Gasteiger partial charge is 0.404 e. The van der Waals surface area contributed by atoms with Gasteiger partial charge in [0.15, 0.2) is 0 Å². The number of furan rings is 1. The number of nitrogens with zero attached hydrogens (tertiary/aromatic N) is 2. The van der Waals surface area contributed by atoms with Crippen molar-refractivity contribution in [3.8, 4) is 0 Å². The summed E-state index contributed by atoms with van der Waals surface area (Å²) in [6.07, 6.45) is 1.04. The Balaban J connectivity index is 2.02. The molecule has 1 aliphatic heterocycles. The number of hydrogen-bond donors (Lipinski definition) is 1. The third-order valence-corrected chi connectivity index (χ3v) is 3.37. The summed E-state index contributed by atoms with van der Waals surface area (Å²) in [6.45, 7) is 3.62. The van der Waals surface area contributed by atoms with E-state index in [2.05, 4.69) is 11.8 Å². The average Bonchev–Trinajstić information content (AvgIpc) is 2.87. The van der Waals surface area contributed by atoms with Crippen molar-refractivity contribution in [1.82, 2.24) is 4.90 Å². The van der Waals surface area contributed by atoms with Crippen LogP contribution >= 0.6 is 0 Å². The van der Waals surface area contributed by atoms with E-state index in [0.29, 0.717) is 18.2 Å². The van der Waals surface area contributed by atoms with Crippen LogP contribution in [-0.2, 0) is 6.54 Å². The molecule has 1 N–H and O–H groups in total. The minimum Gasteiger partial charge on any atom is -0.404 e. The van der Waals surface area contributed by atoms with Crippen molar-refractivity contribution in [2.45, 2.75) is 25.9 Å². The lowest BCUT2D eigenvalue weighted by Crippen LogP contribution is -2.34. The largest absolute Gasteiger partial charge is 0.433 e. The van der Waals surface area contributed by atoms with E-state index in [1.54, 1.807) is 6.07 Å². The zero-order chi connectivity index (χ0) is 12.4. The molecule has 2 unspecified atom stereocenters. The van der Waals surface area contributed by atoms with E-state index in [1.165, 1.54) is 6.07 Å². The number of aliphatic hydroxyl groups is 1. The summed E-state index contributed by atoms with van der Waals surface area (Å²) in [7, 11) is 0. The topological polar surface area (TPSA) is 79.8 Å². The molecular weight excluding hydrogens is 224 g/mol. The number of aliphatic hydroxyl groups excluding tert-OH is 1. The second kappa shape index (κ2) is 4.85. The zero-order valence-electron chi connectivity index (χ0n) is 9.70. The SMILES string of the molecule is CC1CCN(Cc2ccc([N+](=O)[O-])o2)C1CO. The molecular formula is C11H16N2O4. The fourth-order valence-corrected chi connectivity index (χ4v) is 2.33. The third kappa shape index (κ3) is 2.48. The van der Waals surface area contributed by atoms with E-state index < -0.39 is 4.92 Å². The van der Waals surface area contributed by atoms with Gasteiger partial charge in [-0.15, -0.1) is 0 Å². The first-order valence-electron chi connectivity index (χ1n) is 5.70. The normalized spacial score (nSPS) is 25.3. The van der Waals surface area contributed by atoms with E-state index in [4.69, 9.17) is 4.42 Å². The van der Waals surface area contributed by atoms with Crippen LogP contribution in [0.3, 0.4) is 0 Å². The van der Waals surface area contributed by atoms with E-state index >= 15 is 0 Å². The van der Waals surface area contributed by atoms with Crippen molar-refractivity contribution in [1.29, 1.82) is 0 Å². The standard InChI is InChI=1S/C11H16N2O4/c1-8-4-5-12(10(8)7-14)6-9-2-3-11(17-9)13(15)16/h2-3,8,10,14H,4-7H2,1H3. The number of nitro groups is 1. The molecule has 0 aliphatic carbocycles. The molecule has 2 rings (SSSR count). The Bertz CT molecular complexity index is 404. The van der Waals surface area contributed by atoms with Crippen LogP contribution in [0.4, 0.5) is 5.88 Å². The average molecular weight is 240 g/mol. The Labute approximate surface area is 99.0 Å². The summed E-state index contributed by atoms with van der Waals surface area (Å²) >= 11 is 0. The lowest BCUT2D eigenvalue weighted by atomic mass is 10.0. The first-order chi connectivity index (χ1) is 8.11. The maximum Gasteiger partial charge on any atom is 0.433 e. The van der Waals surface area contributed by atoms with E-state index in [9.17, 15) is 15.2 Å². The minimum atomic E-state index is -0.542. The van der Waals surface area contributed by atoms with Gasteiger partial charge in [0, 0.05) is 6.04 Å². The van der Waals surface area contributed by atoms with Crippen molar-refractivity contribution in [3.05, 3.63) is 28.0 Å². The molecule has 1 aromatic rings. The lowest BCUT2D eigenvalue weighted by molar-refractivity contribution is -0.402. The van der Waals surface area contributed by atoms with Gasteiger partial charge < -0.3 is 9.52 Å². The third-order valence-electron chi connectivity index (χ3n) is 3.37. The van der Waals surface area contributed by atoms with Gasteiger partial charge in [-0.25, -0.2) is 0 Å². The van der Waals surface area contributed by atoms with Crippen molar-refractivity contribution in [3.63, 3.8) is 0 Å². The molecule has 1 aromatic heterocycles. The predicted molar refractivity (Wildman–Crippen MR) is 60.4 cm³/mol. The fraction of sp³-hybridized carbons (Fsp3) is 0.636. The Morgan fingerprint density at radius 1 is 1.65 bits per heavy atom. The summed E-state index contributed by atoms with van der Waals surface area (Å²) in [5.74, 6) is 0.794. The summed E-state index contributed by atoms with van der Waals surface area (Å²) in [5, 5.41) is 19.8. The minimum absolute atomic E-state index is 0.115. The van der Waals surface area contributed by atoms with Crippen LogP contribution < -0.4 is 0 Å². The Morgan fingerprint density at radius 2 is 2.41 bits per heavy atom. The molecule has 6 heteroatoms. The van der Waals surface area contributed by atoms with E-state index in [1.807, 2.05) is 0 Å². The molecule has 0 bridgehead atoms. The molecule has 0 radical (unpaired) electrons. The molecule has 1 saturated heterocycles. The van der Waals surface area contributed by atoms with Gasteiger partial charge in [0.25, 0.3) is 0 Å². The molecule has 0 amide bonds. The van der Waals surface area contributed by atoms with Gasteiger partial charge in [0.2, 0.25) is 0 Å². The van der Waals surface area contributed by atoms with Crippen LogP contribution in [0.5, 0.6) is 0 Å². The molecule has 0 aromatic carbocycles. The second-order valence-electron chi connectivity index (χ2n) is 4.48. The van der Waals surface area contributed by atoms with Crippen molar-refractivity contribution in [2.24, 2.45) is 5.92 Å². The van der Waals surface area contributed by atoms with Gasteiger partial charge in [0.05, 0.1) is 19.2 Å². The van der Waals surface area contributed by atoms with Crippen LogP contribution in [0.15, 0.2) is 16.5 Å². The summed E-state index contributed by atoms with van der Waals surface area (Å²) in [4.78, 5) is 12.0. The van der Waals surface area contributed by atoms with Crippen molar-refractivity contribution in [2.75, 3.05) is 13.2 Å². The second-order valence-corrected chi connectivity index (χ2v) is 4.48. The number of likely N-dealkylation sites (tertiary alicyclic amines) is 1. The first-order valence-corrected chi connectivity index (χ1v) is 5.70.